The average molecular weight is 324 g/mol. The molecule has 0 saturated heterocycles. The van der Waals surface area contributed by atoms with Gasteiger partial charge in [-0.25, -0.2) is 0 Å². The van der Waals surface area contributed by atoms with E-state index < -0.39 is 22.9 Å². The summed E-state index contributed by atoms with van der Waals surface area (Å²) in [6.07, 6.45) is -0.695. The fourth-order valence-electron chi connectivity index (χ4n) is 2.56. The van der Waals surface area contributed by atoms with E-state index >= 15 is 0 Å². The van der Waals surface area contributed by atoms with E-state index in [0.717, 1.165) is 30.4 Å². The average Bonchev–Trinajstić information content (AvgIpc) is 2.98. The van der Waals surface area contributed by atoms with E-state index in [0.29, 0.717) is 0 Å². The molecule has 1 amide bonds. The van der Waals surface area contributed by atoms with Crippen molar-refractivity contribution in [1.29, 1.82) is 0 Å². The summed E-state index contributed by atoms with van der Waals surface area (Å²) in [6, 6.07) is -0.729. The maximum atomic E-state index is 12.8. The third-order valence-corrected chi connectivity index (χ3v) is 4.25. The standard InChI is InChI=1S/C13H17ClF3N3O/c1-7-10(14)11(13(15,16)17)19-20(7)8(2)12(21)18-9-5-3-4-6-9/h8-9H,3-6H2,1-2H3,(H,18,21)/t8-/m0/s1. The summed E-state index contributed by atoms with van der Waals surface area (Å²) in [5.74, 6) is -0.335. The van der Waals surface area contributed by atoms with E-state index in [1.54, 1.807) is 0 Å². The Morgan fingerprint density at radius 3 is 2.48 bits per heavy atom. The molecule has 1 N–H and O–H groups in total. The molecule has 1 aromatic heterocycles. The van der Waals surface area contributed by atoms with E-state index in [1.807, 2.05) is 0 Å². The second-order valence-corrected chi connectivity index (χ2v) is 5.73. The summed E-state index contributed by atoms with van der Waals surface area (Å²) in [5, 5.41) is 5.87. The summed E-state index contributed by atoms with van der Waals surface area (Å²) in [6.45, 7) is 2.94. The molecule has 0 unspecified atom stereocenters. The highest BCUT2D eigenvalue weighted by atomic mass is 35.5. The smallest absolute Gasteiger partial charge is 0.352 e. The molecule has 2 rings (SSSR count). The lowest BCUT2D eigenvalue weighted by atomic mass is 10.2. The molecular weight excluding hydrogens is 307 g/mol. The fourth-order valence-corrected chi connectivity index (χ4v) is 2.79. The van der Waals surface area contributed by atoms with Crippen LogP contribution in [0.5, 0.6) is 0 Å². The van der Waals surface area contributed by atoms with Crippen molar-refractivity contribution in [2.45, 2.75) is 57.8 Å². The van der Waals surface area contributed by atoms with Crippen molar-refractivity contribution in [3.8, 4) is 0 Å². The molecule has 0 aromatic carbocycles. The summed E-state index contributed by atoms with van der Waals surface area (Å²) >= 11 is 5.68. The zero-order chi connectivity index (χ0) is 15.8. The molecule has 0 bridgehead atoms. The van der Waals surface area contributed by atoms with Crippen molar-refractivity contribution in [2.75, 3.05) is 0 Å². The Morgan fingerprint density at radius 1 is 1.43 bits per heavy atom. The lowest BCUT2D eigenvalue weighted by molar-refractivity contribution is -0.141. The second-order valence-electron chi connectivity index (χ2n) is 5.36. The molecule has 1 heterocycles. The van der Waals surface area contributed by atoms with E-state index in [4.69, 9.17) is 11.6 Å². The molecule has 8 heteroatoms. The number of hydrogen-bond donors (Lipinski definition) is 1. The van der Waals surface area contributed by atoms with Gasteiger partial charge in [-0.1, -0.05) is 24.4 Å². The quantitative estimate of drug-likeness (QED) is 0.925. The lowest BCUT2D eigenvalue weighted by Crippen LogP contribution is -2.38. The van der Waals surface area contributed by atoms with Crippen molar-refractivity contribution >= 4 is 17.5 Å². The Morgan fingerprint density at radius 2 is 2.00 bits per heavy atom. The van der Waals surface area contributed by atoms with Gasteiger partial charge in [-0.2, -0.15) is 18.3 Å². The van der Waals surface area contributed by atoms with Crippen molar-refractivity contribution in [2.24, 2.45) is 0 Å². The zero-order valence-corrected chi connectivity index (χ0v) is 12.6. The van der Waals surface area contributed by atoms with Gasteiger partial charge in [0, 0.05) is 6.04 Å². The third-order valence-electron chi connectivity index (χ3n) is 3.79. The normalized spacial score (nSPS) is 18.0. The first-order valence-corrected chi connectivity index (χ1v) is 7.21. The van der Waals surface area contributed by atoms with Gasteiger partial charge in [0.15, 0.2) is 5.69 Å². The number of nitrogens with zero attached hydrogens (tertiary/aromatic N) is 2. The van der Waals surface area contributed by atoms with Gasteiger partial charge in [0.1, 0.15) is 6.04 Å². The van der Waals surface area contributed by atoms with Crippen LogP contribution >= 0.6 is 11.6 Å². The maximum absolute atomic E-state index is 12.8. The van der Waals surface area contributed by atoms with Crippen LogP contribution in [0.25, 0.3) is 0 Å². The molecular formula is C13H17ClF3N3O. The summed E-state index contributed by atoms with van der Waals surface area (Å²) in [4.78, 5) is 12.1. The Labute approximate surface area is 125 Å². The highest BCUT2D eigenvalue weighted by Crippen LogP contribution is 2.36. The third kappa shape index (κ3) is 3.33. The number of carbonyl (C=O) groups is 1. The van der Waals surface area contributed by atoms with Crippen LogP contribution in [-0.4, -0.2) is 21.7 Å². The highest BCUT2D eigenvalue weighted by Gasteiger charge is 2.39. The largest absolute Gasteiger partial charge is 0.436 e. The minimum Gasteiger partial charge on any atom is -0.352 e. The first kappa shape index (κ1) is 16.1. The van der Waals surface area contributed by atoms with E-state index in [9.17, 15) is 18.0 Å². The van der Waals surface area contributed by atoms with Crippen LogP contribution in [-0.2, 0) is 11.0 Å². The van der Waals surface area contributed by atoms with Gasteiger partial charge in [0.25, 0.3) is 0 Å². The van der Waals surface area contributed by atoms with Gasteiger partial charge < -0.3 is 5.32 Å². The Hall–Kier alpha value is -1.24. The minimum atomic E-state index is -4.63. The van der Waals surface area contributed by atoms with E-state index in [-0.39, 0.29) is 17.6 Å². The number of rotatable bonds is 3. The molecule has 1 aromatic rings. The van der Waals surface area contributed by atoms with Crippen LogP contribution in [0.15, 0.2) is 0 Å². The molecule has 1 aliphatic carbocycles. The van der Waals surface area contributed by atoms with Crippen LogP contribution in [0.2, 0.25) is 5.02 Å². The predicted octanol–water partition coefficient (Wildman–Crippen LogP) is 3.48. The number of aromatic nitrogens is 2. The van der Waals surface area contributed by atoms with Crippen molar-refractivity contribution in [3.63, 3.8) is 0 Å². The Bertz CT molecular complexity index is 535. The van der Waals surface area contributed by atoms with Crippen LogP contribution in [0.4, 0.5) is 13.2 Å². The van der Waals surface area contributed by atoms with Gasteiger partial charge in [-0.3, -0.25) is 9.48 Å². The van der Waals surface area contributed by atoms with Crippen LogP contribution in [0.3, 0.4) is 0 Å². The van der Waals surface area contributed by atoms with Gasteiger partial charge in [0.05, 0.1) is 10.7 Å². The van der Waals surface area contributed by atoms with Gasteiger partial charge in [-0.05, 0) is 26.7 Å². The number of hydrogen-bond acceptors (Lipinski definition) is 2. The molecule has 0 radical (unpaired) electrons. The molecule has 4 nitrogen and oxygen atoms in total. The maximum Gasteiger partial charge on any atom is 0.436 e. The minimum absolute atomic E-state index is 0.105. The number of alkyl halides is 3. The molecule has 1 fully saturated rings. The zero-order valence-electron chi connectivity index (χ0n) is 11.8. The van der Waals surface area contributed by atoms with Crippen molar-refractivity contribution < 1.29 is 18.0 Å². The fraction of sp³-hybridized carbons (Fsp3) is 0.692. The lowest BCUT2D eigenvalue weighted by Gasteiger charge is -2.18. The number of carbonyl (C=O) groups excluding carboxylic acids is 1. The summed E-state index contributed by atoms with van der Waals surface area (Å²) < 4.78 is 39.4. The second kappa shape index (κ2) is 5.87. The van der Waals surface area contributed by atoms with Crippen LogP contribution in [0, 0.1) is 6.92 Å². The summed E-state index contributed by atoms with van der Waals surface area (Å²) in [7, 11) is 0. The Kier molecular flexibility index (Phi) is 4.51. The topological polar surface area (TPSA) is 46.9 Å². The molecule has 21 heavy (non-hydrogen) atoms. The highest BCUT2D eigenvalue weighted by molar-refractivity contribution is 6.32. The monoisotopic (exact) mass is 323 g/mol. The van der Waals surface area contributed by atoms with Crippen LogP contribution < -0.4 is 5.32 Å². The molecule has 0 aliphatic heterocycles. The molecule has 118 valence electrons. The van der Waals surface area contributed by atoms with Crippen molar-refractivity contribution in [3.05, 3.63) is 16.4 Å². The number of nitrogens with one attached hydrogen (secondary N) is 1. The van der Waals surface area contributed by atoms with E-state index in [1.165, 1.54) is 13.8 Å². The van der Waals surface area contributed by atoms with Gasteiger partial charge >= 0.3 is 6.18 Å². The van der Waals surface area contributed by atoms with Gasteiger partial charge in [-0.15, -0.1) is 0 Å². The first-order valence-electron chi connectivity index (χ1n) is 6.84. The number of halogens is 4. The summed E-state index contributed by atoms with van der Waals surface area (Å²) in [5.41, 5.74) is -1.01. The first-order chi connectivity index (χ1) is 9.71. The number of amides is 1. The molecule has 0 spiro atoms. The Balaban J connectivity index is 2.18. The molecule has 1 aliphatic rings. The SMILES string of the molecule is Cc1c(Cl)c(C(F)(F)F)nn1[C@@H](C)C(=O)NC1CCCC1. The molecule has 1 atom stereocenters. The van der Waals surface area contributed by atoms with E-state index in [2.05, 4.69) is 10.4 Å². The van der Waals surface area contributed by atoms with Gasteiger partial charge in [0.2, 0.25) is 5.91 Å². The molecule has 1 saturated carbocycles. The predicted molar refractivity (Wildman–Crippen MR) is 72.1 cm³/mol. The van der Waals surface area contributed by atoms with Crippen molar-refractivity contribution in [1.82, 2.24) is 15.1 Å². The van der Waals surface area contributed by atoms with Crippen LogP contribution in [0.1, 0.15) is 50.0 Å².